The Balaban J connectivity index is 2.14. The number of nitrogens with two attached hydrogens (primary N) is 1. The molecule has 1 fully saturated rings. The number of rotatable bonds is 3. The van der Waals surface area contributed by atoms with Crippen LogP contribution >= 0.6 is 22.9 Å². The van der Waals surface area contributed by atoms with Gasteiger partial charge in [-0.15, -0.1) is 0 Å². The third-order valence-corrected chi connectivity index (χ3v) is 3.46. The van der Waals surface area contributed by atoms with Gasteiger partial charge in [0.2, 0.25) is 0 Å². The molecule has 0 unspecified atom stereocenters. The second kappa shape index (κ2) is 5.32. The van der Waals surface area contributed by atoms with Crippen LogP contribution in [-0.2, 0) is 0 Å². The van der Waals surface area contributed by atoms with Gasteiger partial charge in [0.15, 0.2) is 0 Å². The van der Waals surface area contributed by atoms with Gasteiger partial charge < -0.3 is 5.73 Å². The number of hydrogen-bond donors (Lipinski definition) is 2. The van der Waals surface area contributed by atoms with Gasteiger partial charge >= 0.3 is 0 Å². The fourth-order valence-corrected chi connectivity index (χ4v) is 2.42. The molecule has 3 N–H and O–H groups in total. The van der Waals surface area contributed by atoms with Crippen molar-refractivity contribution >= 4 is 22.9 Å². The van der Waals surface area contributed by atoms with Crippen LogP contribution in [0.2, 0.25) is 0 Å². The smallest absolute Gasteiger partial charge is 0.0172 e. The molecule has 0 aliphatic heterocycles. The Kier molecular flexibility index (Phi) is 4.71. The lowest BCUT2D eigenvalue weighted by Crippen LogP contribution is -2.27. The van der Waals surface area contributed by atoms with Crippen LogP contribution in [0.3, 0.4) is 0 Å². The molecule has 0 saturated heterocycles. The van der Waals surface area contributed by atoms with Gasteiger partial charge in [0, 0.05) is 28.9 Å². The first-order chi connectivity index (χ1) is 5.36. The Hall–Kier alpha value is 0.650. The highest BCUT2D eigenvalue weighted by Crippen LogP contribution is 2.26. The molecule has 3 heteroatoms. The Labute approximate surface area is 82.8 Å². The zero-order chi connectivity index (χ0) is 8.10. The summed E-state index contributed by atoms with van der Waals surface area (Å²) in [5, 5.41) is 0. The molecule has 0 heterocycles. The topological polar surface area (TPSA) is 38.0 Å². The quantitative estimate of drug-likeness (QED) is 0.605. The van der Waals surface area contributed by atoms with E-state index in [1.54, 1.807) is 0 Å². The Morgan fingerprint density at radius 1 is 1.27 bits per heavy atom. The molecule has 0 bridgehead atoms. The summed E-state index contributed by atoms with van der Waals surface area (Å²) in [5.41, 5.74) is 5.51. The molecule has 1 aliphatic rings. The zero-order valence-corrected chi connectivity index (χ0v) is 9.01. The Bertz CT molecular complexity index is 100. The summed E-state index contributed by atoms with van der Waals surface area (Å²) >= 11 is 2.26. The maximum absolute atomic E-state index is 5.51. The van der Waals surface area contributed by atoms with E-state index < -0.39 is 0 Å². The average molecular weight is 268 g/mol. The fourth-order valence-electron chi connectivity index (χ4n) is 1.80. The monoisotopic (exact) mass is 268 g/mol. The summed E-state index contributed by atoms with van der Waals surface area (Å²) in [6.45, 7) is 0.868. The molecule has 66 valence electrons. The third kappa shape index (κ3) is 3.25. The summed E-state index contributed by atoms with van der Waals surface area (Å²) in [5.74, 6) is 0.918. The van der Waals surface area contributed by atoms with Crippen molar-refractivity contribution in [3.63, 3.8) is 0 Å². The molecule has 2 nitrogen and oxygen atoms in total. The molecule has 1 aliphatic carbocycles. The van der Waals surface area contributed by atoms with E-state index in [-0.39, 0.29) is 0 Å². The van der Waals surface area contributed by atoms with Gasteiger partial charge in [0.05, 0.1) is 0 Å². The summed E-state index contributed by atoms with van der Waals surface area (Å²) in [6, 6.07) is 0.768. The lowest BCUT2D eigenvalue weighted by Gasteiger charge is -2.27. The van der Waals surface area contributed by atoms with Crippen LogP contribution < -0.4 is 9.26 Å². The molecule has 0 aromatic carbocycles. The Morgan fingerprint density at radius 3 is 2.36 bits per heavy atom. The minimum atomic E-state index is 0.768. The predicted molar refractivity (Wildman–Crippen MR) is 56.6 cm³/mol. The summed E-state index contributed by atoms with van der Waals surface area (Å²) in [6.07, 6.45) is 6.66. The lowest BCUT2D eigenvalue weighted by atomic mass is 9.84. The van der Waals surface area contributed by atoms with Gasteiger partial charge in [-0.2, -0.15) is 0 Å². The maximum atomic E-state index is 5.51. The first-order valence-electron chi connectivity index (χ1n) is 4.43. The number of nitrogens with one attached hydrogen (secondary N) is 1. The van der Waals surface area contributed by atoms with E-state index in [0.717, 1.165) is 18.5 Å². The molecular weight excluding hydrogens is 251 g/mol. The second-order valence-corrected chi connectivity index (χ2v) is 4.03. The van der Waals surface area contributed by atoms with Crippen molar-refractivity contribution in [2.75, 3.05) is 6.54 Å². The van der Waals surface area contributed by atoms with E-state index in [1.165, 1.54) is 32.1 Å². The van der Waals surface area contributed by atoms with E-state index in [4.69, 9.17) is 5.73 Å². The van der Waals surface area contributed by atoms with Crippen molar-refractivity contribution in [1.82, 2.24) is 3.53 Å². The van der Waals surface area contributed by atoms with Crippen molar-refractivity contribution in [3.05, 3.63) is 0 Å². The van der Waals surface area contributed by atoms with Crippen LogP contribution in [0, 0.1) is 5.92 Å². The third-order valence-electron chi connectivity index (χ3n) is 2.58. The molecule has 0 aromatic heterocycles. The zero-order valence-electron chi connectivity index (χ0n) is 6.85. The van der Waals surface area contributed by atoms with Crippen LogP contribution in [0.1, 0.15) is 32.1 Å². The molecule has 1 saturated carbocycles. The minimum Gasteiger partial charge on any atom is -0.330 e. The van der Waals surface area contributed by atoms with Crippen molar-refractivity contribution < 1.29 is 0 Å². The highest BCUT2D eigenvalue weighted by atomic mass is 127. The number of halogens is 1. The van der Waals surface area contributed by atoms with Crippen LogP contribution in [0.15, 0.2) is 0 Å². The molecule has 0 radical (unpaired) electrons. The Morgan fingerprint density at radius 2 is 1.91 bits per heavy atom. The van der Waals surface area contributed by atoms with Gasteiger partial charge in [-0.3, -0.25) is 3.53 Å². The van der Waals surface area contributed by atoms with Crippen LogP contribution in [0.5, 0.6) is 0 Å². The average Bonchev–Trinajstić information content (AvgIpc) is 2.07. The second-order valence-electron chi connectivity index (χ2n) is 3.40. The summed E-state index contributed by atoms with van der Waals surface area (Å²) in [4.78, 5) is 0. The van der Waals surface area contributed by atoms with Gasteiger partial charge in [0.25, 0.3) is 0 Å². The predicted octanol–water partition coefficient (Wildman–Crippen LogP) is 1.83. The highest BCUT2D eigenvalue weighted by Gasteiger charge is 2.19. The van der Waals surface area contributed by atoms with Crippen LogP contribution in [0.25, 0.3) is 0 Å². The van der Waals surface area contributed by atoms with E-state index in [2.05, 4.69) is 26.4 Å². The molecular formula is C8H17IN2. The van der Waals surface area contributed by atoms with Crippen molar-refractivity contribution in [1.29, 1.82) is 0 Å². The van der Waals surface area contributed by atoms with E-state index in [0.29, 0.717) is 0 Å². The standard InChI is InChI=1S/C8H17IN2/c9-11-8-3-1-7(2-4-8)5-6-10/h7-8,11H,1-6,10H2/t7-,8-. The SMILES string of the molecule is NCC[C@H]1CC[C@H](NI)CC1. The molecule has 0 spiro atoms. The van der Waals surface area contributed by atoms with Gasteiger partial charge in [-0.1, -0.05) is 0 Å². The fraction of sp³-hybridized carbons (Fsp3) is 1.00. The van der Waals surface area contributed by atoms with E-state index in [9.17, 15) is 0 Å². The van der Waals surface area contributed by atoms with Crippen LogP contribution in [-0.4, -0.2) is 12.6 Å². The van der Waals surface area contributed by atoms with E-state index in [1.807, 2.05) is 0 Å². The van der Waals surface area contributed by atoms with Gasteiger partial charge in [0.1, 0.15) is 0 Å². The molecule has 1 rings (SSSR count). The first-order valence-corrected chi connectivity index (χ1v) is 5.51. The highest BCUT2D eigenvalue weighted by molar-refractivity contribution is 14.1. The normalized spacial score (nSPS) is 32.2. The van der Waals surface area contributed by atoms with Crippen LogP contribution in [0.4, 0.5) is 0 Å². The van der Waals surface area contributed by atoms with E-state index >= 15 is 0 Å². The van der Waals surface area contributed by atoms with Crippen molar-refractivity contribution in [2.24, 2.45) is 11.7 Å². The van der Waals surface area contributed by atoms with Gasteiger partial charge in [-0.25, -0.2) is 0 Å². The largest absolute Gasteiger partial charge is 0.330 e. The molecule has 0 amide bonds. The first kappa shape index (κ1) is 9.74. The lowest BCUT2D eigenvalue weighted by molar-refractivity contribution is 0.308. The van der Waals surface area contributed by atoms with Crippen molar-refractivity contribution in [2.45, 2.75) is 38.1 Å². The summed E-state index contributed by atoms with van der Waals surface area (Å²) in [7, 11) is 0. The molecule has 11 heavy (non-hydrogen) atoms. The summed E-state index contributed by atoms with van der Waals surface area (Å²) < 4.78 is 3.31. The maximum Gasteiger partial charge on any atom is 0.0172 e. The molecule has 0 atom stereocenters. The molecule has 0 aromatic rings. The van der Waals surface area contributed by atoms with Crippen molar-refractivity contribution in [3.8, 4) is 0 Å². The minimum absolute atomic E-state index is 0.768. The number of hydrogen-bond acceptors (Lipinski definition) is 2. The van der Waals surface area contributed by atoms with Gasteiger partial charge in [-0.05, 0) is 44.6 Å².